The van der Waals surface area contributed by atoms with E-state index < -0.39 is 11.2 Å². The van der Waals surface area contributed by atoms with Crippen LogP contribution in [0.2, 0.25) is 0 Å². The molecule has 1 amide bonds. The van der Waals surface area contributed by atoms with Crippen LogP contribution in [0.4, 0.5) is 10.3 Å². The molecule has 4 aromatic rings. The van der Waals surface area contributed by atoms with Crippen LogP contribution in [-0.4, -0.2) is 69.9 Å². The van der Waals surface area contributed by atoms with Gasteiger partial charge in [0, 0.05) is 51.9 Å². The molecule has 5 rings (SSSR count). The Morgan fingerprint density at radius 1 is 0.923 bits per heavy atom. The van der Waals surface area contributed by atoms with Crippen LogP contribution in [-0.2, 0) is 20.6 Å². The van der Waals surface area contributed by atoms with Gasteiger partial charge < -0.3 is 19.3 Å². The van der Waals surface area contributed by atoms with Crippen molar-refractivity contribution in [2.75, 3.05) is 45.3 Å². The van der Waals surface area contributed by atoms with Crippen molar-refractivity contribution in [3.8, 4) is 11.5 Å². The number of hydrogen-bond acceptors (Lipinski definition) is 7. The van der Waals surface area contributed by atoms with E-state index in [0.29, 0.717) is 49.2 Å². The van der Waals surface area contributed by atoms with E-state index in [-0.39, 0.29) is 29.4 Å². The highest BCUT2D eigenvalue weighted by atomic mass is 19.1. The summed E-state index contributed by atoms with van der Waals surface area (Å²) in [7, 11) is 6.06. The van der Waals surface area contributed by atoms with Crippen molar-refractivity contribution in [3.63, 3.8) is 0 Å². The topological polar surface area (TPSA) is 104 Å². The van der Waals surface area contributed by atoms with Gasteiger partial charge in [0.05, 0.1) is 20.8 Å². The molecular weight excluding hydrogens is 507 g/mol. The molecule has 0 bridgehead atoms. The fourth-order valence-corrected chi connectivity index (χ4v) is 4.82. The maximum Gasteiger partial charge on any atom is 0.332 e. The van der Waals surface area contributed by atoms with Crippen LogP contribution >= 0.6 is 0 Å². The van der Waals surface area contributed by atoms with Gasteiger partial charge in [0.2, 0.25) is 5.95 Å². The molecule has 0 aliphatic carbocycles. The highest BCUT2D eigenvalue weighted by Crippen LogP contribution is 2.26. The third kappa shape index (κ3) is 4.73. The summed E-state index contributed by atoms with van der Waals surface area (Å²) in [6.07, 6.45) is 0. The van der Waals surface area contributed by atoms with E-state index in [0.717, 1.165) is 10.1 Å². The van der Waals surface area contributed by atoms with Crippen molar-refractivity contribution in [1.82, 2.24) is 23.6 Å². The van der Waals surface area contributed by atoms with Crippen LogP contribution < -0.4 is 25.6 Å². The minimum atomic E-state index is -0.477. The molecule has 0 N–H and O–H groups in total. The Labute approximate surface area is 223 Å². The highest BCUT2D eigenvalue weighted by molar-refractivity contribution is 5.95. The van der Waals surface area contributed by atoms with Gasteiger partial charge >= 0.3 is 5.69 Å². The second-order valence-corrected chi connectivity index (χ2v) is 9.38. The first-order valence-corrected chi connectivity index (χ1v) is 12.4. The van der Waals surface area contributed by atoms with Gasteiger partial charge in [0.15, 0.2) is 11.2 Å². The van der Waals surface area contributed by atoms with E-state index in [4.69, 9.17) is 14.5 Å². The number of piperazine rings is 1. The number of aryl methyl sites for hydroxylation is 1. The summed E-state index contributed by atoms with van der Waals surface area (Å²) < 4.78 is 28.3. The average Bonchev–Trinajstić information content (AvgIpc) is 3.34. The third-order valence-electron chi connectivity index (χ3n) is 7.03. The Bertz CT molecular complexity index is 1640. The lowest BCUT2D eigenvalue weighted by Gasteiger charge is -2.35. The monoisotopic (exact) mass is 536 g/mol. The molecule has 0 saturated carbocycles. The van der Waals surface area contributed by atoms with Crippen molar-refractivity contribution in [2.45, 2.75) is 6.54 Å². The van der Waals surface area contributed by atoms with E-state index in [1.165, 1.54) is 38.0 Å². The van der Waals surface area contributed by atoms with Crippen LogP contribution in [0.25, 0.3) is 11.2 Å². The molecule has 39 heavy (non-hydrogen) atoms. The Kier molecular flexibility index (Phi) is 6.85. The minimum absolute atomic E-state index is 0.150. The predicted molar refractivity (Wildman–Crippen MR) is 143 cm³/mol. The number of ether oxygens (including phenoxy) is 2. The Balaban J connectivity index is 1.48. The first-order chi connectivity index (χ1) is 18.7. The molecule has 1 aliphatic rings. The summed E-state index contributed by atoms with van der Waals surface area (Å²) >= 11 is 0. The van der Waals surface area contributed by atoms with Crippen molar-refractivity contribution in [1.29, 1.82) is 0 Å². The maximum atomic E-state index is 13.5. The van der Waals surface area contributed by atoms with Crippen LogP contribution in [0, 0.1) is 5.82 Å². The molecule has 204 valence electrons. The number of fused-ring (bicyclic) bond motifs is 1. The summed E-state index contributed by atoms with van der Waals surface area (Å²) in [4.78, 5) is 47.5. The molecule has 12 heteroatoms. The zero-order chi connectivity index (χ0) is 27.8. The van der Waals surface area contributed by atoms with Crippen molar-refractivity contribution >= 4 is 23.0 Å². The van der Waals surface area contributed by atoms with Crippen molar-refractivity contribution < 1.29 is 18.7 Å². The number of aromatic nitrogens is 4. The van der Waals surface area contributed by atoms with Gasteiger partial charge in [-0.15, -0.1) is 0 Å². The number of methoxy groups -OCH3 is 2. The lowest BCUT2D eigenvalue weighted by atomic mass is 10.1. The first-order valence-electron chi connectivity index (χ1n) is 12.4. The number of nitrogens with zero attached hydrogens (tertiary/aromatic N) is 6. The Hall–Kier alpha value is -4.61. The number of benzene rings is 2. The number of imidazole rings is 1. The zero-order valence-electron chi connectivity index (χ0n) is 22.2. The predicted octanol–water partition coefficient (Wildman–Crippen LogP) is 1.60. The molecular formula is C27H29FN6O5. The summed E-state index contributed by atoms with van der Waals surface area (Å²) in [5, 5.41) is 0. The van der Waals surface area contributed by atoms with E-state index >= 15 is 0 Å². The van der Waals surface area contributed by atoms with E-state index in [1.54, 1.807) is 46.8 Å². The van der Waals surface area contributed by atoms with Crippen LogP contribution in [0.3, 0.4) is 0 Å². The number of carbonyl (C=O) groups is 1. The summed E-state index contributed by atoms with van der Waals surface area (Å²) in [6, 6.07) is 11.1. The molecule has 2 aromatic carbocycles. The second kappa shape index (κ2) is 10.3. The van der Waals surface area contributed by atoms with E-state index in [1.807, 2.05) is 4.90 Å². The van der Waals surface area contributed by atoms with Crippen molar-refractivity contribution in [2.24, 2.45) is 14.1 Å². The summed E-state index contributed by atoms with van der Waals surface area (Å²) in [6.45, 7) is 1.98. The average molecular weight is 537 g/mol. The lowest BCUT2D eigenvalue weighted by molar-refractivity contribution is 0.0745. The minimum Gasteiger partial charge on any atom is -0.497 e. The fourth-order valence-electron chi connectivity index (χ4n) is 4.82. The first kappa shape index (κ1) is 26.0. The second-order valence-electron chi connectivity index (χ2n) is 9.38. The van der Waals surface area contributed by atoms with Gasteiger partial charge in [-0.2, -0.15) is 4.98 Å². The third-order valence-corrected chi connectivity index (χ3v) is 7.03. The van der Waals surface area contributed by atoms with Gasteiger partial charge in [-0.1, -0.05) is 12.1 Å². The molecule has 1 saturated heterocycles. The molecule has 0 unspecified atom stereocenters. The van der Waals surface area contributed by atoms with Gasteiger partial charge in [-0.05, 0) is 29.8 Å². The molecule has 1 fully saturated rings. The molecule has 1 aliphatic heterocycles. The van der Waals surface area contributed by atoms with Crippen molar-refractivity contribution in [3.05, 3.63) is 80.2 Å². The number of halogens is 1. The van der Waals surface area contributed by atoms with E-state index in [9.17, 15) is 18.8 Å². The smallest absolute Gasteiger partial charge is 0.332 e. The number of anilines is 1. The summed E-state index contributed by atoms with van der Waals surface area (Å²) in [5.74, 6) is 1.05. The maximum absolute atomic E-state index is 13.5. The zero-order valence-corrected chi connectivity index (χ0v) is 22.2. The van der Waals surface area contributed by atoms with Gasteiger partial charge in [-0.3, -0.25) is 23.3 Å². The lowest BCUT2D eigenvalue weighted by Crippen LogP contribution is -2.49. The largest absolute Gasteiger partial charge is 0.497 e. The molecule has 0 atom stereocenters. The van der Waals surface area contributed by atoms with E-state index in [2.05, 4.69) is 0 Å². The molecule has 3 heterocycles. The van der Waals surface area contributed by atoms with Gasteiger partial charge in [-0.25, -0.2) is 9.18 Å². The highest BCUT2D eigenvalue weighted by Gasteiger charge is 2.28. The number of amides is 1. The fraction of sp³-hybridized carbons (Fsp3) is 0.333. The molecule has 2 aromatic heterocycles. The Morgan fingerprint density at radius 3 is 2.13 bits per heavy atom. The van der Waals surface area contributed by atoms with Gasteiger partial charge in [0.25, 0.3) is 11.5 Å². The van der Waals surface area contributed by atoms with Crippen LogP contribution in [0.5, 0.6) is 11.5 Å². The van der Waals surface area contributed by atoms with Crippen LogP contribution in [0.15, 0.2) is 52.1 Å². The SMILES string of the molecule is COc1cc(OC)cc(C(=O)N2CCN(c3nc4c(c(=O)n(C)c(=O)n4C)n3Cc3ccc(F)cc3)CC2)c1. The standard InChI is InChI=1S/C27H29FN6O5/c1-30-23-22(25(36)31(2)27(30)37)34(16-17-5-7-19(28)8-6-17)26(29-23)33-11-9-32(10-12-33)24(35)18-13-20(38-3)15-21(14-18)39-4/h5-8,13-15H,9-12,16H2,1-4H3. The number of carbonyl (C=O) groups excluding carboxylic acids is 1. The molecule has 11 nitrogen and oxygen atoms in total. The number of hydrogen-bond donors (Lipinski definition) is 0. The summed E-state index contributed by atoms with van der Waals surface area (Å²) in [5.41, 5.74) is 0.836. The normalized spacial score (nSPS) is 13.7. The van der Waals surface area contributed by atoms with Gasteiger partial charge in [0.1, 0.15) is 17.3 Å². The molecule has 0 spiro atoms. The number of rotatable bonds is 6. The molecule has 0 radical (unpaired) electrons. The Morgan fingerprint density at radius 2 is 1.54 bits per heavy atom. The van der Waals surface area contributed by atoms with Crippen LogP contribution in [0.1, 0.15) is 15.9 Å². The quantitative estimate of drug-likeness (QED) is 0.369.